The Morgan fingerprint density at radius 3 is 2.43 bits per heavy atom. The molecule has 1 aromatic carbocycles. The smallest absolute Gasteiger partial charge is 0.224 e. The maximum absolute atomic E-state index is 5.77. The van der Waals surface area contributed by atoms with Crippen molar-refractivity contribution in [1.29, 1.82) is 0 Å². The lowest BCUT2D eigenvalue weighted by atomic mass is 9.96. The highest BCUT2D eigenvalue weighted by atomic mass is 16.5. The van der Waals surface area contributed by atoms with Gasteiger partial charge in [0.05, 0.1) is 7.11 Å². The van der Waals surface area contributed by atoms with E-state index >= 15 is 0 Å². The van der Waals surface area contributed by atoms with Crippen molar-refractivity contribution in [3.8, 4) is 17.4 Å². The molecule has 3 N–H and O–H groups in total. The van der Waals surface area contributed by atoms with E-state index in [1.54, 1.807) is 19.2 Å². The van der Waals surface area contributed by atoms with Crippen LogP contribution in [0.5, 0.6) is 17.4 Å². The van der Waals surface area contributed by atoms with Gasteiger partial charge in [0.1, 0.15) is 23.1 Å². The van der Waals surface area contributed by atoms with Gasteiger partial charge in [-0.2, -0.15) is 4.98 Å². The molecular formula is C15H20N4O2. The lowest BCUT2D eigenvalue weighted by molar-refractivity contribution is 0.406. The van der Waals surface area contributed by atoms with Gasteiger partial charge in [-0.25, -0.2) is 10.8 Å². The van der Waals surface area contributed by atoms with Crippen LogP contribution in [-0.4, -0.2) is 17.1 Å². The van der Waals surface area contributed by atoms with Crippen molar-refractivity contribution in [2.75, 3.05) is 12.5 Å². The summed E-state index contributed by atoms with van der Waals surface area (Å²) >= 11 is 0. The number of benzene rings is 1. The second kappa shape index (κ2) is 5.97. The van der Waals surface area contributed by atoms with Gasteiger partial charge in [0.25, 0.3) is 0 Å². The van der Waals surface area contributed by atoms with E-state index in [0.717, 1.165) is 5.75 Å². The van der Waals surface area contributed by atoms with Gasteiger partial charge in [-0.05, 0) is 12.1 Å². The fourth-order valence-electron chi connectivity index (χ4n) is 1.67. The van der Waals surface area contributed by atoms with E-state index in [-0.39, 0.29) is 5.41 Å². The zero-order valence-corrected chi connectivity index (χ0v) is 12.7. The minimum atomic E-state index is -0.209. The monoisotopic (exact) mass is 288 g/mol. The molecule has 21 heavy (non-hydrogen) atoms. The fourth-order valence-corrected chi connectivity index (χ4v) is 1.67. The number of hydrogen-bond acceptors (Lipinski definition) is 6. The van der Waals surface area contributed by atoms with Gasteiger partial charge in [-0.1, -0.05) is 26.8 Å². The standard InChI is InChI=1S/C15H20N4O2/c1-15(2,3)14-17-12(19-16)9-13(18-14)21-11-7-5-6-10(8-11)20-4/h5-9H,16H2,1-4H3,(H,17,18,19). The number of nitrogens with two attached hydrogens (primary N) is 1. The first kappa shape index (κ1) is 15.1. The Morgan fingerprint density at radius 1 is 1.10 bits per heavy atom. The Balaban J connectivity index is 2.34. The van der Waals surface area contributed by atoms with Crippen molar-refractivity contribution < 1.29 is 9.47 Å². The Hall–Kier alpha value is -2.34. The molecule has 0 bridgehead atoms. The number of methoxy groups -OCH3 is 1. The highest BCUT2D eigenvalue weighted by molar-refractivity contribution is 5.41. The van der Waals surface area contributed by atoms with Crippen LogP contribution in [0, 0.1) is 0 Å². The molecule has 0 saturated heterocycles. The van der Waals surface area contributed by atoms with E-state index in [1.807, 2.05) is 39.0 Å². The molecule has 2 aromatic rings. The van der Waals surface area contributed by atoms with E-state index in [4.69, 9.17) is 15.3 Å². The fraction of sp³-hybridized carbons (Fsp3) is 0.333. The molecule has 0 aliphatic carbocycles. The van der Waals surface area contributed by atoms with Gasteiger partial charge in [0.15, 0.2) is 0 Å². The molecule has 0 saturated carbocycles. The number of nitrogen functional groups attached to an aromatic ring is 1. The summed E-state index contributed by atoms with van der Waals surface area (Å²) in [5, 5.41) is 0. The third-order valence-corrected chi connectivity index (χ3v) is 2.78. The zero-order chi connectivity index (χ0) is 15.5. The van der Waals surface area contributed by atoms with E-state index < -0.39 is 0 Å². The summed E-state index contributed by atoms with van der Waals surface area (Å²) in [7, 11) is 1.61. The second-order valence-corrected chi connectivity index (χ2v) is 5.59. The first-order chi connectivity index (χ1) is 9.92. The predicted molar refractivity (Wildman–Crippen MR) is 81.6 cm³/mol. The molecule has 0 spiro atoms. The minimum Gasteiger partial charge on any atom is -0.497 e. The molecule has 0 fully saturated rings. The predicted octanol–water partition coefficient (Wildman–Crippen LogP) is 2.86. The van der Waals surface area contributed by atoms with E-state index in [1.165, 1.54) is 0 Å². The van der Waals surface area contributed by atoms with Gasteiger partial charge in [-0.15, -0.1) is 0 Å². The van der Waals surface area contributed by atoms with E-state index in [2.05, 4.69) is 15.4 Å². The Kier molecular flexibility index (Phi) is 4.28. The van der Waals surface area contributed by atoms with E-state index in [0.29, 0.717) is 23.3 Å². The van der Waals surface area contributed by atoms with Gasteiger partial charge in [-0.3, -0.25) is 0 Å². The van der Waals surface area contributed by atoms with Crippen LogP contribution in [0.25, 0.3) is 0 Å². The summed E-state index contributed by atoms with van der Waals surface area (Å²) in [6, 6.07) is 8.96. The van der Waals surface area contributed by atoms with Crippen molar-refractivity contribution in [2.45, 2.75) is 26.2 Å². The van der Waals surface area contributed by atoms with Crippen LogP contribution in [0.4, 0.5) is 5.82 Å². The van der Waals surface area contributed by atoms with Crippen LogP contribution in [0.3, 0.4) is 0 Å². The van der Waals surface area contributed by atoms with Gasteiger partial charge in [0.2, 0.25) is 5.88 Å². The molecule has 0 aliphatic heterocycles. The number of aromatic nitrogens is 2. The van der Waals surface area contributed by atoms with Crippen LogP contribution >= 0.6 is 0 Å². The molecule has 0 unspecified atom stereocenters. The number of nitrogens with one attached hydrogen (secondary N) is 1. The maximum atomic E-state index is 5.77. The molecule has 0 amide bonds. The lowest BCUT2D eigenvalue weighted by Crippen LogP contribution is -2.19. The maximum Gasteiger partial charge on any atom is 0.224 e. The second-order valence-electron chi connectivity index (χ2n) is 5.59. The topological polar surface area (TPSA) is 82.3 Å². The first-order valence-electron chi connectivity index (χ1n) is 6.60. The van der Waals surface area contributed by atoms with Crippen LogP contribution in [-0.2, 0) is 5.41 Å². The van der Waals surface area contributed by atoms with Crippen molar-refractivity contribution in [1.82, 2.24) is 9.97 Å². The number of rotatable bonds is 4. The largest absolute Gasteiger partial charge is 0.497 e. The lowest BCUT2D eigenvalue weighted by Gasteiger charge is -2.18. The summed E-state index contributed by atoms with van der Waals surface area (Å²) in [4.78, 5) is 8.78. The quantitative estimate of drug-likeness (QED) is 0.665. The van der Waals surface area contributed by atoms with Gasteiger partial charge < -0.3 is 14.9 Å². The summed E-state index contributed by atoms with van der Waals surface area (Å²) in [6.07, 6.45) is 0. The average molecular weight is 288 g/mol. The SMILES string of the molecule is COc1cccc(Oc2cc(NN)nc(C(C)(C)C)n2)c1. The average Bonchev–Trinajstić information content (AvgIpc) is 2.46. The molecule has 2 rings (SSSR count). The Labute approximate surface area is 124 Å². The molecule has 0 radical (unpaired) electrons. The number of hydrogen-bond donors (Lipinski definition) is 2. The first-order valence-corrected chi connectivity index (χ1v) is 6.60. The Bertz CT molecular complexity index is 623. The number of ether oxygens (including phenoxy) is 2. The summed E-state index contributed by atoms with van der Waals surface area (Å²) in [5.74, 6) is 8.39. The minimum absolute atomic E-state index is 0.209. The number of hydrazine groups is 1. The highest BCUT2D eigenvalue weighted by Gasteiger charge is 2.19. The van der Waals surface area contributed by atoms with Crippen molar-refractivity contribution in [2.24, 2.45) is 5.84 Å². The molecular weight excluding hydrogens is 268 g/mol. The highest BCUT2D eigenvalue weighted by Crippen LogP contribution is 2.27. The van der Waals surface area contributed by atoms with Crippen molar-refractivity contribution in [3.05, 3.63) is 36.2 Å². The number of anilines is 1. The van der Waals surface area contributed by atoms with Crippen LogP contribution in [0.1, 0.15) is 26.6 Å². The summed E-state index contributed by atoms with van der Waals surface area (Å²) < 4.78 is 10.9. The molecule has 1 heterocycles. The van der Waals surface area contributed by atoms with Gasteiger partial charge in [0, 0.05) is 17.5 Å². The van der Waals surface area contributed by atoms with E-state index in [9.17, 15) is 0 Å². The zero-order valence-electron chi connectivity index (χ0n) is 12.7. The summed E-state index contributed by atoms with van der Waals surface area (Å²) in [5.41, 5.74) is 2.32. The van der Waals surface area contributed by atoms with Crippen molar-refractivity contribution in [3.63, 3.8) is 0 Å². The molecule has 0 aliphatic rings. The Morgan fingerprint density at radius 2 is 1.81 bits per heavy atom. The molecule has 6 heteroatoms. The molecule has 6 nitrogen and oxygen atoms in total. The molecule has 1 aromatic heterocycles. The third kappa shape index (κ3) is 3.82. The number of nitrogens with zero attached hydrogens (tertiary/aromatic N) is 2. The van der Waals surface area contributed by atoms with Gasteiger partial charge >= 0.3 is 0 Å². The summed E-state index contributed by atoms with van der Waals surface area (Å²) in [6.45, 7) is 6.08. The third-order valence-electron chi connectivity index (χ3n) is 2.78. The molecule has 112 valence electrons. The van der Waals surface area contributed by atoms with Crippen LogP contribution < -0.4 is 20.7 Å². The normalized spacial score (nSPS) is 11.1. The molecule has 0 atom stereocenters. The van der Waals surface area contributed by atoms with Crippen LogP contribution in [0.2, 0.25) is 0 Å². The van der Waals surface area contributed by atoms with Crippen LogP contribution in [0.15, 0.2) is 30.3 Å². The van der Waals surface area contributed by atoms with Crippen molar-refractivity contribution >= 4 is 5.82 Å².